The molecule has 2 unspecified atom stereocenters. The molecule has 7 nitrogen and oxygen atoms in total. The number of nitrogens with zero attached hydrogens (tertiary/aromatic N) is 5. The van der Waals surface area contributed by atoms with Gasteiger partial charge in [-0.25, -0.2) is 14.4 Å². The Kier molecular flexibility index (Phi) is 4.92. The van der Waals surface area contributed by atoms with E-state index in [0.717, 1.165) is 0 Å². The van der Waals surface area contributed by atoms with Crippen LogP contribution in [0.25, 0.3) is 22.4 Å². The fourth-order valence-corrected chi connectivity index (χ4v) is 4.18. The molecule has 2 N–H and O–H groups in total. The number of halogens is 1. The molecule has 3 aromatic heterocycles. The minimum atomic E-state index is -1.12. The van der Waals surface area contributed by atoms with Gasteiger partial charge in [-0.05, 0) is 43.0 Å². The smallest absolute Gasteiger partial charge is 0.181 e. The Morgan fingerprint density at radius 2 is 2.24 bits per heavy atom. The van der Waals surface area contributed by atoms with Gasteiger partial charge in [0.15, 0.2) is 11.5 Å². The van der Waals surface area contributed by atoms with E-state index < -0.39 is 17.3 Å². The molecule has 0 spiro atoms. The molecule has 0 radical (unpaired) electrons. The minimum absolute atomic E-state index is 0.160. The Morgan fingerprint density at radius 3 is 3.00 bits per heavy atom. The van der Waals surface area contributed by atoms with Crippen molar-refractivity contribution in [1.82, 2.24) is 20.2 Å². The number of β-amino-alcohol motifs (C(OH)–C–C–N with tert-alkyl or cyclic N) is 1. The molecule has 8 heteroatoms. The van der Waals surface area contributed by atoms with Gasteiger partial charge in [0, 0.05) is 24.7 Å². The van der Waals surface area contributed by atoms with Crippen LogP contribution >= 0.6 is 0 Å². The molecule has 0 saturated carbocycles. The molecule has 3 aromatic rings. The van der Waals surface area contributed by atoms with E-state index >= 15 is 0 Å². The van der Waals surface area contributed by atoms with E-state index in [-0.39, 0.29) is 18.2 Å². The summed E-state index contributed by atoms with van der Waals surface area (Å²) in [4.78, 5) is 10.6. The maximum Gasteiger partial charge on any atom is 0.181 e. The summed E-state index contributed by atoms with van der Waals surface area (Å²) < 4.78 is 14.6. The molecule has 2 atom stereocenters. The van der Waals surface area contributed by atoms with Crippen LogP contribution < -0.4 is 4.90 Å². The second-order valence-corrected chi connectivity index (χ2v) is 8.07. The van der Waals surface area contributed by atoms with Crippen molar-refractivity contribution >= 4 is 16.9 Å². The fourth-order valence-electron chi connectivity index (χ4n) is 4.18. The van der Waals surface area contributed by atoms with Gasteiger partial charge in [-0.3, -0.25) is 5.10 Å². The van der Waals surface area contributed by atoms with Crippen LogP contribution in [0.1, 0.15) is 26.7 Å². The van der Waals surface area contributed by atoms with Crippen molar-refractivity contribution in [1.29, 1.82) is 5.26 Å². The lowest BCUT2D eigenvalue weighted by molar-refractivity contribution is -0.0228. The van der Waals surface area contributed by atoms with E-state index in [1.807, 2.05) is 24.8 Å². The summed E-state index contributed by atoms with van der Waals surface area (Å²) in [5.41, 5.74) is 0.00185. The highest BCUT2D eigenvalue weighted by Crippen LogP contribution is 2.35. The van der Waals surface area contributed by atoms with Crippen molar-refractivity contribution in [3.63, 3.8) is 0 Å². The van der Waals surface area contributed by atoms with Crippen LogP contribution in [-0.4, -0.2) is 44.0 Å². The zero-order valence-electron chi connectivity index (χ0n) is 16.4. The van der Waals surface area contributed by atoms with Crippen LogP contribution in [0.4, 0.5) is 10.2 Å². The van der Waals surface area contributed by atoms with Gasteiger partial charge < -0.3 is 10.0 Å². The highest BCUT2D eigenvalue weighted by atomic mass is 19.1. The predicted octanol–water partition coefficient (Wildman–Crippen LogP) is 3.29. The topological polar surface area (TPSA) is 102 Å². The molecular formula is C21H23FN6O. The summed E-state index contributed by atoms with van der Waals surface area (Å²) in [6.07, 6.45) is 2.68. The number of hydrogen-bond acceptors (Lipinski definition) is 6. The number of pyridine rings is 2. The Bertz CT molecular complexity index is 1070. The van der Waals surface area contributed by atoms with Crippen LogP contribution in [0.3, 0.4) is 0 Å². The quantitative estimate of drug-likeness (QED) is 0.704. The number of anilines is 1. The van der Waals surface area contributed by atoms with Crippen LogP contribution in [0.2, 0.25) is 0 Å². The Morgan fingerprint density at radius 1 is 1.41 bits per heavy atom. The monoisotopic (exact) mass is 394 g/mol. The summed E-state index contributed by atoms with van der Waals surface area (Å²) in [6.45, 7) is 4.91. The lowest BCUT2D eigenvalue weighted by Crippen LogP contribution is -2.54. The molecule has 29 heavy (non-hydrogen) atoms. The van der Waals surface area contributed by atoms with Gasteiger partial charge in [0.1, 0.15) is 11.5 Å². The standard InChI is InChI=1S/C21H23FN6O/c1-13(2)10-21(29)12-28(9-7-14(21)11-23)17-6-5-16(22)19(25-17)18-15-4-3-8-24-20(15)27-26-18/h3-6,8,13-14,29H,7,9-10,12H2,1-2H3,(H,24,26,27). The third-order valence-corrected chi connectivity index (χ3v) is 5.44. The lowest BCUT2D eigenvalue weighted by Gasteiger charge is -2.43. The maximum atomic E-state index is 14.6. The van der Waals surface area contributed by atoms with E-state index in [2.05, 4.69) is 26.2 Å². The number of nitrogens with one attached hydrogen (secondary N) is 1. The van der Waals surface area contributed by atoms with Gasteiger partial charge in [-0.2, -0.15) is 10.4 Å². The summed E-state index contributed by atoms with van der Waals surface area (Å²) in [7, 11) is 0. The molecule has 0 aromatic carbocycles. The number of aliphatic hydroxyl groups is 1. The largest absolute Gasteiger partial charge is 0.387 e. The van der Waals surface area contributed by atoms with Crippen molar-refractivity contribution in [2.45, 2.75) is 32.3 Å². The molecule has 4 heterocycles. The SMILES string of the molecule is CC(C)CC1(O)CN(c2ccc(F)c(-c3[nH]nc4ncccc34)n2)CCC1C#N. The Labute approximate surface area is 168 Å². The first-order chi connectivity index (χ1) is 13.9. The third kappa shape index (κ3) is 3.54. The Hall–Kier alpha value is -3.05. The maximum absolute atomic E-state index is 14.6. The summed E-state index contributed by atoms with van der Waals surface area (Å²) in [6, 6.07) is 8.82. The summed E-state index contributed by atoms with van der Waals surface area (Å²) >= 11 is 0. The highest BCUT2D eigenvalue weighted by molar-refractivity contribution is 5.89. The van der Waals surface area contributed by atoms with Crippen molar-refractivity contribution in [2.24, 2.45) is 11.8 Å². The molecule has 0 amide bonds. The second kappa shape index (κ2) is 7.41. The first kappa shape index (κ1) is 19.3. The zero-order valence-corrected chi connectivity index (χ0v) is 16.4. The molecular weight excluding hydrogens is 371 g/mol. The number of H-pyrrole nitrogens is 1. The van der Waals surface area contributed by atoms with Crippen molar-refractivity contribution in [3.05, 3.63) is 36.3 Å². The summed E-state index contributed by atoms with van der Waals surface area (Å²) in [5.74, 6) is -0.0841. The number of nitriles is 1. The Balaban J connectivity index is 1.70. The van der Waals surface area contributed by atoms with Crippen LogP contribution in [0.5, 0.6) is 0 Å². The van der Waals surface area contributed by atoms with Gasteiger partial charge in [0.05, 0.1) is 23.3 Å². The van der Waals surface area contributed by atoms with Crippen molar-refractivity contribution in [3.8, 4) is 17.5 Å². The van der Waals surface area contributed by atoms with Crippen LogP contribution in [-0.2, 0) is 0 Å². The average molecular weight is 394 g/mol. The first-order valence-corrected chi connectivity index (χ1v) is 9.74. The van der Waals surface area contributed by atoms with Crippen molar-refractivity contribution < 1.29 is 9.50 Å². The number of aromatic amines is 1. The van der Waals surface area contributed by atoms with E-state index in [0.29, 0.717) is 41.9 Å². The number of fused-ring (bicyclic) bond motifs is 1. The number of piperidine rings is 1. The molecule has 1 fully saturated rings. The van der Waals surface area contributed by atoms with Gasteiger partial charge in [-0.1, -0.05) is 13.8 Å². The first-order valence-electron chi connectivity index (χ1n) is 9.74. The predicted molar refractivity (Wildman–Crippen MR) is 107 cm³/mol. The third-order valence-electron chi connectivity index (χ3n) is 5.44. The normalized spacial score (nSPS) is 22.2. The average Bonchev–Trinajstić information content (AvgIpc) is 3.11. The lowest BCUT2D eigenvalue weighted by atomic mass is 9.77. The van der Waals surface area contributed by atoms with E-state index in [9.17, 15) is 14.8 Å². The molecule has 1 aliphatic heterocycles. The van der Waals surface area contributed by atoms with Gasteiger partial charge >= 0.3 is 0 Å². The minimum Gasteiger partial charge on any atom is -0.387 e. The van der Waals surface area contributed by atoms with Gasteiger partial charge in [-0.15, -0.1) is 0 Å². The van der Waals surface area contributed by atoms with Crippen LogP contribution in [0.15, 0.2) is 30.5 Å². The highest BCUT2D eigenvalue weighted by Gasteiger charge is 2.43. The van der Waals surface area contributed by atoms with Crippen molar-refractivity contribution in [2.75, 3.05) is 18.0 Å². The fraction of sp³-hybridized carbons (Fsp3) is 0.429. The molecule has 1 aliphatic rings. The van der Waals surface area contributed by atoms with Gasteiger partial charge in [0.2, 0.25) is 0 Å². The van der Waals surface area contributed by atoms with E-state index in [1.165, 1.54) is 6.07 Å². The molecule has 0 bridgehead atoms. The number of hydrogen-bond donors (Lipinski definition) is 2. The van der Waals surface area contributed by atoms with E-state index in [1.54, 1.807) is 18.3 Å². The molecule has 1 saturated heterocycles. The molecule has 4 rings (SSSR count). The summed E-state index contributed by atoms with van der Waals surface area (Å²) in [5, 5.41) is 28.3. The van der Waals surface area contributed by atoms with Gasteiger partial charge in [0.25, 0.3) is 0 Å². The number of rotatable bonds is 4. The van der Waals surface area contributed by atoms with Crippen LogP contribution in [0, 0.1) is 29.0 Å². The zero-order chi connectivity index (χ0) is 20.6. The number of aromatic nitrogens is 4. The second-order valence-electron chi connectivity index (χ2n) is 8.07. The molecule has 0 aliphatic carbocycles. The molecule has 150 valence electrons. The van der Waals surface area contributed by atoms with E-state index in [4.69, 9.17) is 0 Å².